The second kappa shape index (κ2) is 9.57. The molecule has 172 valence electrons. The third-order valence-electron chi connectivity index (χ3n) is 6.29. The number of amides is 2. The topological polar surface area (TPSA) is 58.6 Å². The van der Waals surface area contributed by atoms with Gasteiger partial charge in [0.2, 0.25) is 5.91 Å². The van der Waals surface area contributed by atoms with E-state index in [9.17, 15) is 18.4 Å². The van der Waals surface area contributed by atoms with Crippen LogP contribution in [0.15, 0.2) is 54.6 Å². The van der Waals surface area contributed by atoms with Crippen LogP contribution < -0.4 is 10.1 Å². The van der Waals surface area contributed by atoms with E-state index in [2.05, 4.69) is 5.32 Å². The van der Waals surface area contributed by atoms with Gasteiger partial charge in [0.05, 0.1) is 13.2 Å². The predicted molar refractivity (Wildman–Crippen MR) is 122 cm³/mol. The molecule has 7 heteroatoms. The summed E-state index contributed by atoms with van der Waals surface area (Å²) in [7, 11) is 1.60. The summed E-state index contributed by atoms with van der Waals surface area (Å²) in [5, 5.41) is 4.60. The molecule has 5 nitrogen and oxygen atoms in total. The molecule has 1 heterocycles. The van der Waals surface area contributed by atoms with Gasteiger partial charge in [-0.25, -0.2) is 8.78 Å². The number of benzene rings is 3. The maximum atomic E-state index is 13.5. The third-order valence-corrected chi connectivity index (χ3v) is 6.29. The SMILES string of the molecule is COc1ccc(C(=O)N2CCC(C(=O)NC(C)c3ccc(F)c(F)c3)CC2)c2ccccc12. The normalized spacial score (nSPS) is 15.3. The molecule has 1 fully saturated rings. The highest BCUT2D eigenvalue weighted by atomic mass is 19.2. The summed E-state index contributed by atoms with van der Waals surface area (Å²) in [6.07, 6.45) is 1.08. The van der Waals surface area contributed by atoms with E-state index >= 15 is 0 Å². The largest absolute Gasteiger partial charge is 0.496 e. The standard InChI is InChI=1S/C26H26F2N2O3/c1-16(18-7-9-22(27)23(28)15-18)29-25(31)17-11-13-30(14-12-17)26(32)21-8-10-24(33-2)20-6-4-3-5-19(20)21/h3-10,15-17H,11-14H2,1-2H3,(H,29,31). The number of piperidine rings is 1. The van der Waals surface area contributed by atoms with Crippen LogP contribution in [0.1, 0.15) is 41.7 Å². The minimum atomic E-state index is -0.938. The van der Waals surface area contributed by atoms with Crippen molar-refractivity contribution in [2.45, 2.75) is 25.8 Å². The second-order valence-electron chi connectivity index (χ2n) is 8.33. The van der Waals surface area contributed by atoms with Crippen molar-refractivity contribution < 1.29 is 23.1 Å². The minimum absolute atomic E-state index is 0.0668. The van der Waals surface area contributed by atoms with Crippen molar-refractivity contribution in [2.75, 3.05) is 20.2 Å². The summed E-state index contributed by atoms with van der Waals surface area (Å²) in [4.78, 5) is 27.7. The van der Waals surface area contributed by atoms with Gasteiger partial charge in [-0.1, -0.05) is 30.3 Å². The molecule has 0 aliphatic carbocycles. The number of hydrogen-bond acceptors (Lipinski definition) is 3. The summed E-state index contributed by atoms with van der Waals surface area (Å²) in [5.74, 6) is -1.59. The van der Waals surface area contributed by atoms with Crippen molar-refractivity contribution in [1.29, 1.82) is 0 Å². The summed E-state index contributed by atoms with van der Waals surface area (Å²) < 4.78 is 32.1. The van der Waals surface area contributed by atoms with Gasteiger partial charge in [0.25, 0.3) is 5.91 Å². The molecule has 1 unspecified atom stereocenters. The average molecular weight is 453 g/mol. The van der Waals surface area contributed by atoms with Crippen LogP contribution in [0.5, 0.6) is 5.75 Å². The first kappa shape index (κ1) is 22.7. The van der Waals surface area contributed by atoms with E-state index in [1.807, 2.05) is 24.3 Å². The van der Waals surface area contributed by atoms with E-state index < -0.39 is 17.7 Å². The molecule has 4 rings (SSSR count). The Balaban J connectivity index is 1.39. The van der Waals surface area contributed by atoms with Crippen molar-refractivity contribution in [1.82, 2.24) is 10.2 Å². The van der Waals surface area contributed by atoms with Crippen LogP contribution in [0.3, 0.4) is 0 Å². The van der Waals surface area contributed by atoms with Crippen molar-refractivity contribution >= 4 is 22.6 Å². The van der Waals surface area contributed by atoms with Gasteiger partial charge in [0, 0.05) is 30.0 Å². The first-order valence-electron chi connectivity index (χ1n) is 11.0. The van der Waals surface area contributed by atoms with Crippen LogP contribution in [0.25, 0.3) is 10.8 Å². The lowest BCUT2D eigenvalue weighted by Gasteiger charge is -2.32. The molecule has 0 saturated carbocycles. The molecule has 3 aromatic carbocycles. The van der Waals surface area contributed by atoms with Gasteiger partial charge in [-0.2, -0.15) is 0 Å². The molecule has 1 aliphatic heterocycles. The lowest BCUT2D eigenvalue weighted by atomic mass is 9.94. The fourth-order valence-corrected chi connectivity index (χ4v) is 4.35. The van der Waals surface area contributed by atoms with Gasteiger partial charge >= 0.3 is 0 Å². The number of ether oxygens (including phenoxy) is 1. The van der Waals surface area contributed by atoms with E-state index in [0.717, 1.165) is 22.9 Å². The molecular formula is C26H26F2N2O3. The molecule has 3 aromatic rings. The van der Waals surface area contributed by atoms with Gasteiger partial charge < -0.3 is 15.0 Å². The second-order valence-corrected chi connectivity index (χ2v) is 8.33. The van der Waals surface area contributed by atoms with Crippen LogP contribution in [0.4, 0.5) is 8.78 Å². The van der Waals surface area contributed by atoms with Crippen molar-refractivity contribution in [3.8, 4) is 5.75 Å². The number of hydrogen-bond donors (Lipinski definition) is 1. The number of nitrogens with one attached hydrogen (secondary N) is 1. The molecule has 2 amide bonds. The molecule has 1 atom stereocenters. The quantitative estimate of drug-likeness (QED) is 0.602. The Morgan fingerprint density at radius 2 is 1.70 bits per heavy atom. The van der Waals surface area contributed by atoms with Gasteiger partial charge in [-0.3, -0.25) is 9.59 Å². The predicted octanol–water partition coefficient (Wildman–Crippen LogP) is 4.86. The summed E-state index contributed by atoms with van der Waals surface area (Å²) in [6.45, 7) is 2.67. The molecule has 0 radical (unpaired) electrons. The van der Waals surface area contributed by atoms with Crippen LogP contribution in [0, 0.1) is 17.6 Å². The Labute approximate surface area is 191 Å². The third kappa shape index (κ3) is 4.67. The summed E-state index contributed by atoms with van der Waals surface area (Å²) >= 11 is 0. The molecule has 0 spiro atoms. The number of methoxy groups -OCH3 is 1. The number of fused-ring (bicyclic) bond motifs is 1. The zero-order chi connectivity index (χ0) is 23.5. The van der Waals surface area contributed by atoms with Crippen molar-refractivity contribution in [3.05, 3.63) is 77.4 Å². The Morgan fingerprint density at radius 3 is 2.36 bits per heavy atom. The molecule has 1 aliphatic rings. The Kier molecular flexibility index (Phi) is 6.58. The Hall–Kier alpha value is -3.48. The molecule has 1 N–H and O–H groups in total. The van der Waals surface area contributed by atoms with Crippen LogP contribution in [-0.4, -0.2) is 36.9 Å². The van der Waals surface area contributed by atoms with Gasteiger partial charge in [0.1, 0.15) is 5.75 Å². The van der Waals surface area contributed by atoms with E-state index in [4.69, 9.17) is 4.74 Å². The number of carbonyl (C=O) groups excluding carboxylic acids is 2. The van der Waals surface area contributed by atoms with Crippen LogP contribution >= 0.6 is 0 Å². The number of likely N-dealkylation sites (tertiary alicyclic amines) is 1. The molecular weight excluding hydrogens is 426 g/mol. The fourth-order valence-electron chi connectivity index (χ4n) is 4.35. The minimum Gasteiger partial charge on any atom is -0.496 e. The Morgan fingerprint density at radius 1 is 1.00 bits per heavy atom. The monoisotopic (exact) mass is 452 g/mol. The van der Waals surface area contributed by atoms with Gasteiger partial charge in [-0.05, 0) is 55.0 Å². The summed E-state index contributed by atoms with van der Waals surface area (Å²) in [5.41, 5.74) is 1.11. The average Bonchev–Trinajstić information content (AvgIpc) is 2.84. The maximum Gasteiger partial charge on any atom is 0.254 e. The smallest absolute Gasteiger partial charge is 0.254 e. The van der Waals surface area contributed by atoms with Gasteiger partial charge in [-0.15, -0.1) is 0 Å². The summed E-state index contributed by atoms with van der Waals surface area (Å²) in [6, 6.07) is 14.4. The number of rotatable bonds is 5. The number of carbonyl (C=O) groups is 2. The van der Waals surface area contributed by atoms with Crippen molar-refractivity contribution in [2.24, 2.45) is 5.92 Å². The van der Waals surface area contributed by atoms with Crippen molar-refractivity contribution in [3.63, 3.8) is 0 Å². The molecule has 33 heavy (non-hydrogen) atoms. The van der Waals surface area contributed by atoms with E-state index in [0.29, 0.717) is 42.8 Å². The first-order valence-corrected chi connectivity index (χ1v) is 11.0. The van der Waals surface area contributed by atoms with Crippen LogP contribution in [0.2, 0.25) is 0 Å². The van der Waals surface area contributed by atoms with E-state index in [-0.39, 0.29) is 17.7 Å². The first-order chi connectivity index (χ1) is 15.9. The zero-order valence-corrected chi connectivity index (χ0v) is 18.6. The Bertz CT molecular complexity index is 1190. The molecule has 0 bridgehead atoms. The molecule has 1 saturated heterocycles. The number of nitrogens with zero attached hydrogens (tertiary/aromatic N) is 1. The van der Waals surface area contributed by atoms with E-state index in [1.54, 1.807) is 31.1 Å². The molecule has 0 aromatic heterocycles. The highest BCUT2D eigenvalue weighted by Gasteiger charge is 2.29. The fraction of sp³-hybridized carbons (Fsp3) is 0.308. The van der Waals surface area contributed by atoms with Crippen LogP contribution in [-0.2, 0) is 4.79 Å². The maximum absolute atomic E-state index is 13.5. The van der Waals surface area contributed by atoms with E-state index in [1.165, 1.54) is 6.07 Å². The number of halogens is 2. The lowest BCUT2D eigenvalue weighted by Crippen LogP contribution is -2.43. The lowest BCUT2D eigenvalue weighted by molar-refractivity contribution is -0.127. The zero-order valence-electron chi connectivity index (χ0n) is 18.6. The highest BCUT2D eigenvalue weighted by molar-refractivity contribution is 6.08. The highest BCUT2D eigenvalue weighted by Crippen LogP contribution is 2.30. The van der Waals surface area contributed by atoms with Gasteiger partial charge in [0.15, 0.2) is 11.6 Å².